The highest BCUT2D eigenvalue weighted by molar-refractivity contribution is 8.18. The van der Waals surface area contributed by atoms with Crippen molar-refractivity contribution < 1.29 is 14.3 Å². The topological polar surface area (TPSA) is 51.1 Å². The fourth-order valence-corrected chi connectivity index (χ4v) is 4.75. The molecule has 0 spiro atoms. The van der Waals surface area contributed by atoms with Gasteiger partial charge in [-0.2, -0.15) is 0 Å². The number of amidine groups is 1. The number of carbonyl (C=O) groups is 1. The van der Waals surface area contributed by atoms with Gasteiger partial charge in [-0.3, -0.25) is 14.7 Å². The van der Waals surface area contributed by atoms with E-state index in [1.54, 1.807) is 4.90 Å². The predicted molar refractivity (Wildman–Crippen MR) is 132 cm³/mol. The SMILES string of the molecule is O=C1/C(=C/c2ccc3c(c2)OCCO3)SC(=NCc2ccccc2)N1CCc1ccccc1. The molecular weight excluding hydrogens is 432 g/mol. The lowest BCUT2D eigenvalue weighted by atomic mass is 10.1. The average molecular weight is 457 g/mol. The standard InChI is InChI=1S/C27H24N2O3S/c30-26-25(18-22-11-12-23-24(17-22)32-16-15-31-23)33-27(28-19-21-9-5-2-6-10-21)29(26)14-13-20-7-3-1-4-8-20/h1-12,17-18H,13-16,19H2/b25-18-,28-27?. The van der Waals surface area contributed by atoms with Crippen molar-refractivity contribution in [1.82, 2.24) is 4.90 Å². The molecule has 2 aliphatic heterocycles. The van der Waals surface area contributed by atoms with Crippen LogP contribution in [-0.4, -0.2) is 35.7 Å². The van der Waals surface area contributed by atoms with Gasteiger partial charge in [-0.1, -0.05) is 66.7 Å². The largest absolute Gasteiger partial charge is 0.486 e. The van der Waals surface area contributed by atoms with Crippen LogP contribution in [0.25, 0.3) is 6.08 Å². The molecule has 0 atom stereocenters. The Bertz CT molecular complexity index is 1190. The summed E-state index contributed by atoms with van der Waals surface area (Å²) in [5.41, 5.74) is 3.22. The Morgan fingerprint density at radius 3 is 2.33 bits per heavy atom. The zero-order chi connectivity index (χ0) is 22.5. The molecule has 33 heavy (non-hydrogen) atoms. The van der Waals surface area contributed by atoms with E-state index in [4.69, 9.17) is 14.5 Å². The molecule has 5 nitrogen and oxygen atoms in total. The monoisotopic (exact) mass is 456 g/mol. The lowest BCUT2D eigenvalue weighted by Crippen LogP contribution is -2.31. The highest BCUT2D eigenvalue weighted by Gasteiger charge is 2.33. The Balaban J connectivity index is 1.39. The first-order valence-electron chi connectivity index (χ1n) is 11.0. The molecule has 1 fully saturated rings. The zero-order valence-electron chi connectivity index (χ0n) is 18.1. The average Bonchev–Trinajstić information content (AvgIpc) is 3.16. The molecule has 3 aromatic rings. The van der Waals surface area contributed by atoms with Crippen LogP contribution in [0.15, 0.2) is 88.8 Å². The highest BCUT2D eigenvalue weighted by Crippen LogP contribution is 2.36. The summed E-state index contributed by atoms with van der Waals surface area (Å²) >= 11 is 1.43. The van der Waals surface area contributed by atoms with E-state index in [0.717, 1.165) is 28.5 Å². The smallest absolute Gasteiger partial charge is 0.266 e. The number of aliphatic imine (C=N–C) groups is 1. The van der Waals surface area contributed by atoms with Crippen LogP contribution in [0, 0.1) is 0 Å². The lowest BCUT2D eigenvalue weighted by Gasteiger charge is -2.18. The number of fused-ring (bicyclic) bond motifs is 1. The molecule has 166 valence electrons. The van der Waals surface area contributed by atoms with Crippen LogP contribution in [-0.2, 0) is 17.8 Å². The summed E-state index contributed by atoms with van der Waals surface area (Å²) in [6.07, 6.45) is 2.68. The Kier molecular flexibility index (Phi) is 6.44. The lowest BCUT2D eigenvalue weighted by molar-refractivity contribution is -0.122. The summed E-state index contributed by atoms with van der Waals surface area (Å²) in [7, 11) is 0. The van der Waals surface area contributed by atoms with Crippen LogP contribution in [0.5, 0.6) is 11.5 Å². The minimum atomic E-state index is -0.0161. The molecule has 2 aliphatic rings. The first kappa shape index (κ1) is 21.3. The molecular formula is C27H24N2O3S. The number of thioether (sulfide) groups is 1. The van der Waals surface area contributed by atoms with E-state index < -0.39 is 0 Å². The molecule has 0 aliphatic carbocycles. The molecule has 0 bridgehead atoms. The van der Waals surface area contributed by atoms with E-state index >= 15 is 0 Å². The van der Waals surface area contributed by atoms with Gasteiger partial charge in [0.15, 0.2) is 16.7 Å². The van der Waals surface area contributed by atoms with Gasteiger partial charge in [-0.25, -0.2) is 0 Å². The summed E-state index contributed by atoms with van der Waals surface area (Å²) in [6.45, 7) is 2.21. The van der Waals surface area contributed by atoms with E-state index in [1.165, 1.54) is 17.3 Å². The fraction of sp³-hybridized carbons (Fsp3) is 0.185. The second-order valence-corrected chi connectivity index (χ2v) is 8.80. The van der Waals surface area contributed by atoms with E-state index in [0.29, 0.717) is 37.0 Å². The second kappa shape index (κ2) is 9.96. The second-order valence-electron chi connectivity index (χ2n) is 7.79. The van der Waals surface area contributed by atoms with E-state index in [9.17, 15) is 4.79 Å². The maximum Gasteiger partial charge on any atom is 0.266 e. The first-order chi connectivity index (χ1) is 16.3. The van der Waals surface area contributed by atoms with Gasteiger partial charge in [-0.05, 0) is 53.1 Å². The molecule has 0 N–H and O–H groups in total. The van der Waals surface area contributed by atoms with Crippen molar-refractivity contribution in [2.45, 2.75) is 13.0 Å². The number of carbonyl (C=O) groups excluding carboxylic acids is 1. The molecule has 0 aromatic heterocycles. The number of hydrogen-bond donors (Lipinski definition) is 0. The van der Waals surface area contributed by atoms with Gasteiger partial charge in [0.2, 0.25) is 0 Å². The van der Waals surface area contributed by atoms with Gasteiger partial charge < -0.3 is 9.47 Å². The van der Waals surface area contributed by atoms with Crippen molar-refractivity contribution in [3.8, 4) is 11.5 Å². The first-order valence-corrected chi connectivity index (χ1v) is 11.8. The normalized spacial score (nSPS) is 17.7. The van der Waals surface area contributed by atoms with Crippen LogP contribution in [0.4, 0.5) is 0 Å². The molecule has 3 aromatic carbocycles. The van der Waals surface area contributed by atoms with Gasteiger partial charge in [-0.15, -0.1) is 0 Å². The zero-order valence-corrected chi connectivity index (χ0v) is 19.0. The molecule has 0 unspecified atom stereocenters. The Labute approximate surface area is 197 Å². The third-order valence-corrected chi connectivity index (χ3v) is 6.50. The van der Waals surface area contributed by atoms with Crippen molar-refractivity contribution >= 4 is 28.9 Å². The van der Waals surface area contributed by atoms with Crippen LogP contribution in [0.1, 0.15) is 16.7 Å². The van der Waals surface area contributed by atoms with Crippen LogP contribution < -0.4 is 9.47 Å². The molecule has 1 amide bonds. The molecule has 1 saturated heterocycles. The van der Waals surface area contributed by atoms with Crippen molar-refractivity contribution in [3.05, 3.63) is 100 Å². The van der Waals surface area contributed by atoms with Crippen molar-refractivity contribution in [1.29, 1.82) is 0 Å². The number of nitrogens with zero attached hydrogens (tertiary/aromatic N) is 2. The van der Waals surface area contributed by atoms with Gasteiger partial charge in [0.1, 0.15) is 13.2 Å². The quantitative estimate of drug-likeness (QED) is 0.480. The van der Waals surface area contributed by atoms with Gasteiger partial charge in [0.25, 0.3) is 5.91 Å². The number of rotatable bonds is 6. The highest BCUT2D eigenvalue weighted by atomic mass is 32.2. The summed E-state index contributed by atoms with van der Waals surface area (Å²) in [5, 5.41) is 0.739. The van der Waals surface area contributed by atoms with Crippen LogP contribution in [0.2, 0.25) is 0 Å². The van der Waals surface area contributed by atoms with Gasteiger partial charge in [0.05, 0.1) is 11.4 Å². The van der Waals surface area contributed by atoms with Crippen LogP contribution in [0.3, 0.4) is 0 Å². The third-order valence-electron chi connectivity index (χ3n) is 5.46. The predicted octanol–water partition coefficient (Wildman–Crippen LogP) is 5.17. The van der Waals surface area contributed by atoms with Crippen molar-refractivity contribution in [2.75, 3.05) is 19.8 Å². The van der Waals surface area contributed by atoms with E-state index in [2.05, 4.69) is 12.1 Å². The summed E-state index contributed by atoms with van der Waals surface area (Å²) in [4.78, 5) is 20.6. The third kappa shape index (κ3) is 5.12. The number of amides is 1. The number of benzene rings is 3. The van der Waals surface area contributed by atoms with E-state index in [1.807, 2.05) is 72.8 Å². The maximum absolute atomic E-state index is 13.3. The minimum Gasteiger partial charge on any atom is -0.486 e. The van der Waals surface area contributed by atoms with Crippen molar-refractivity contribution in [3.63, 3.8) is 0 Å². The summed E-state index contributed by atoms with van der Waals surface area (Å²) in [5.74, 6) is 1.44. The van der Waals surface area contributed by atoms with Crippen LogP contribution >= 0.6 is 11.8 Å². The Morgan fingerprint density at radius 1 is 0.879 bits per heavy atom. The maximum atomic E-state index is 13.3. The van der Waals surface area contributed by atoms with Gasteiger partial charge >= 0.3 is 0 Å². The van der Waals surface area contributed by atoms with E-state index in [-0.39, 0.29) is 5.91 Å². The fourth-order valence-electron chi connectivity index (χ4n) is 3.75. The molecule has 0 radical (unpaired) electrons. The molecule has 0 saturated carbocycles. The van der Waals surface area contributed by atoms with Gasteiger partial charge in [0, 0.05) is 6.54 Å². The summed E-state index contributed by atoms with van der Waals surface area (Å²) < 4.78 is 11.3. The Hall–Kier alpha value is -3.51. The number of hydrogen-bond acceptors (Lipinski definition) is 5. The molecule has 6 heteroatoms. The van der Waals surface area contributed by atoms with Crippen molar-refractivity contribution in [2.24, 2.45) is 4.99 Å². The molecule has 2 heterocycles. The minimum absolute atomic E-state index is 0.0161. The Morgan fingerprint density at radius 2 is 1.58 bits per heavy atom. The number of ether oxygens (including phenoxy) is 2. The summed E-state index contributed by atoms with van der Waals surface area (Å²) in [6, 6.07) is 26.1. The molecule has 5 rings (SSSR count).